The van der Waals surface area contributed by atoms with E-state index in [1.165, 1.54) is 0 Å². The Bertz CT molecular complexity index is 926. The molecule has 0 radical (unpaired) electrons. The zero-order valence-corrected chi connectivity index (χ0v) is 18.0. The van der Waals surface area contributed by atoms with Crippen molar-refractivity contribution in [2.24, 2.45) is 5.92 Å². The van der Waals surface area contributed by atoms with Crippen molar-refractivity contribution in [3.8, 4) is 0 Å². The van der Waals surface area contributed by atoms with E-state index in [9.17, 15) is 24.6 Å². The molecule has 3 N–H and O–H groups in total. The molecule has 0 aromatic heterocycles. The van der Waals surface area contributed by atoms with Crippen molar-refractivity contribution >= 4 is 17.8 Å². The Morgan fingerprint density at radius 2 is 1.94 bits per heavy atom. The first-order valence-electron chi connectivity index (χ1n) is 11.4. The van der Waals surface area contributed by atoms with Crippen molar-refractivity contribution in [1.29, 1.82) is 0 Å². The van der Waals surface area contributed by atoms with Crippen LogP contribution in [-0.2, 0) is 20.8 Å². The van der Waals surface area contributed by atoms with Crippen molar-refractivity contribution in [2.75, 3.05) is 0 Å². The van der Waals surface area contributed by atoms with Gasteiger partial charge in [0.15, 0.2) is 0 Å². The Hall–Kier alpha value is -2.93. The predicted molar refractivity (Wildman–Crippen MR) is 119 cm³/mol. The summed E-state index contributed by atoms with van der Waals surface area (Å²) in [6, 6.07) is 6.99. The molecule has 2 saturated heterocycles. The number of allylic oxidation sites excluding steroid dienone is 3. The minimum absolute atomic E-state index is 0.0884. The molecule has 170 valence electrons. The van der Waals surface area contributed by atoms with Crippen molar-refractivity contribution in [3.05, 3.63) is 59.7 Å². The van der Waals surface area contributed by atoms with Gasteiger partial charge in [0.25, 0.3) is 0 Å². The number of aliphatic carboxylic acids is 2. The number of rotatable bonds is 7. The fourth-order valence-electron chi connectivity index (χ4n) is 5.41. The van der Waals surface area contributed by atoms with Gasteiger partial charge in [0.05, 0.1) is 6.04 Å². The Labute approximate surface area is 187 Å². The SMILES string of the molecule is O=C(O)C(CCc1ccccc1)N[C@@H]1CC2=CC=CCC2[C@@H]2CCC[C@H](C(=O)O)N2C1=O. The molecular formula is C25H30N2O5. The van der Waals surface area contributed by atoms with Crippen LogP contribution in [0.25, 0.3) is 0 Å². The van der Waals surface area contributed by atoms with E-state index in [-0.39, 0.29) is 17.9 Å². The van der Waals surface area contributed by atoms with Crippen LogP contribution in [0.5, 0.6) is 0 Å². The number of benzene rings is 1. The number of amides is 1. The second kappa shape index (κ2) is 9.69. The molecule has 7 heteroatoms. The van der Waals surface area contributed by atoms with Crippen LogP contribution in [-0.4, -0.2) is 57.1 Å². The highest BCUT2D eigenvalue weighted by atomic mass is 16.4. The van der Waals surface area contributed by atoms with Crippen LogP contribution in [0.1, 0.15) is 44.1 Å². The van der Waals surface area contributed by atoms with Crippen molar-refractivity contribution in [2.45, 2.75) is 69.1 Å². The predicted octanol–water partition coefficient (Wildman–Crippen LogP) is 2.77. The first-order valence-corrected chi connectivity index (χ1v) is 11.4. The van der Waals surface area contributed by atoms with E-state index in [1.54, 1.807) is 4.90 Å². The van der Waals surface area contributed by atoms with Crippen molar-refractivity contribution < 1.29 is 24.6 Å². The molecule has 3 aliphatic rings. The zero-order chi connectivity index (χ0) is 22.7. The molecule has 2 unspecified atom stereocenters. The molecule has 2 fully saturated rings. The molecule has 4 rings (SSSR count). The van der Waals surface area contributed by atoms with Gasteiger partial charge in [0, 0.05) is 12.0 Å². The summed E-state index contributed by atoms with van der Waals surface area (Å²) < 4.78 is 0. The van der Waals surface area contributed by atoms with Crippen molar-refractivity contribution in [3.63, 3.8) is 0 Å². The molecule has 5 atom stereocenters. The monoisotopic (exact) mass is 438 g/mol. The van der Waals surface area contributed by atoms with Crippen LogP contribution in [0.15, 0.2) is 54.1 Å². The van der Waals surface area contributed by atoms with E-state index < -0.39 is 30.1 Å². The number of carbonyl (C=O) groups excluding carboxylic acids is 1. The molecule has 1 amide bonds. The van der Waals surface area contributed by atoms with Gasteiger partial charge in [-0.25, -0.2) is 4.79 Å². The molecule has 1 aromatic rings. The zero-order valence-electron chi connectivity index (χ0n) is 18.0. The number of piperidine rings is 1. The Balaban J connectivity index is 1.59. The summed E-state index contributed by atoms with van der Waals surface area (Å²) in [6.07, 6.45) is 10.1. The van der Waals surface area contributed by atoms with Gasteiger partial charge in [-0.05, 0) is 50.5 Å². The summed E-state index contributed by atoms with van der Waals surface area (Å²) >= 11 is 0. The van der Waals surface area contributed by atoms with Gasteiger partial charge >= 0.3 is 11.9 Å². The number of nitrogens with zero attached hydrogens (tertiary/aromatic N) is 1. The third kappa shape index (κ3) is 4.63. The normalized spacial score (nSPS) is 28.2. The molecule has 0 spiro atoms. The molecule has 7 nitrogen and oxygen atoms in total. The Kier molecular flexibility index (Phi) is 6.74. The molecule has 0 bridgehead atoms. The smallest absolute Gasteiger partial charge is 0.326 e. The number of aryl methyl sites for hydroxylation is 1. The average molecular weight is 439 g/mol. The molecule has 32 heavy (non-hydrogen) atoms. The minimum atomic E-state index is -1.00. The van der Waals surface area contributed by atoms with Gasteiger partial charge < -0.3 is 15.1 Å². The first kappa shape index (κ1) is 22.3. The molecule has 2 aliphatic heterocycles. The van der Waals surface area contributed by atoms with E-state index in [0.717, 1.165) is 30.4 Å². The fraction of sp³-hybridized carbons (Fsp3) is 0.480. The van der Waals surface area contributed by atoms with Crippen LogP contribution in [0.2, 0.25) is 0 Å². The summed E-state index contributed by atoms with van der Waals surface area (Å²) in [6.45, 7) is 0. The summed E-state index contributed by atoms with van der Waals surface area (Å²) in [5.74, 6) is -2.19. The van der Waals surface area contributed by atoms with Crippen LogP contribution in [0, 0.1) is 5.92 Å². The first-order chi connectivity index (χ1) is 15.5. The average Bonchev–Trinajstić information content (AvgIpc) is 2.92. The molecular weight excluding hydrogens is 408 g/mol. The van der Waals surface area contributed by atoms with Crippen LogP contribution >= 0.6 is 0 Å². The minimum Gasteiger partial charge on any atom is -0.480 e. The molecule has 0 saturated carbocycles. The number of hydrogen-bond acceptors (Lipinski definition) is 4. The lowest BCUT2D eigenvalue weighted by Gasteiger charge is -2.43. The summed E-state index contributed by atoms with van der Waals surface area (Å²) in [5, 5.41) is 22.7. The largest absolute Gasteiger partial charge is 0.480 e. The number of carbonyl (C=O) groups is 3. The number of carboxylic acid groups (broad SMARTS) is 2. The summed E-state index contributed by atoms with van der Waals surface area (Å²) in [4.78, 5) is 39.2. The number of carboxylic acids is 2. The van der Waals surface area contributed by atoms with E-state index in [0.29, 0.717) is 25.7 Å². The maximum atomic E-state index is 13.6. The van der Waals surface area contributed by atoms with E-state index in [2.05, 4.69) is 11.4 Å². The van der Waals surface area contributed by atoms with Crippen LogP contribution in [0.3, 0.4) is 0 Å². The van der Waals surface area contributed by atoms with Gasteiger partial charge in [0.1, 0.15) is 12.1 Å². The molecule has 1 aromatic carbocycles. The maximum Gasteiger partial charge on any atom is 0.326 e. The number of nitrogens with one attached hydrogen (secondary N) is 1. The fourth-order valence-corrected chi connectivity index (χ4v) is 5.41. The Morgan fingerprint density at radius 3 is 2.66 bits per heavy atom. The van der Waals surface area contributed by atoms with E-state index >= 15 is 0 Å². The highest BCUT2D eigenvalue weighted by Crippen LogP contribution is 2.40. The van der Waals surface area contributed by atoms with Gasteiger partial charge in [-0.2, -0.15) is 0 Å². The molecule has 2 heterocycles. The molecule has 1 aliphatic carbocycles. The van der Waals surface area contributed by atoms with E-state index in [1.807, 2.05) is 42.5 Å². The number of hydrogen-bond donors (Lipinski definition) is 3. The van der Waals surface area contributed by atoms with Crippen LogP contribution in [0.4, 0.5) is 0 Å². The third-order valence-electron chi connectivity index (χ3n) is 6.99. The highest BCUT2D eigenvalue weighted by Gasteiger charge is 2.47. The standard InChI is InChI=1S/C25H30N2O5/c28-23-20(26-19(24(29)30)14-13-16-7-2-1-3-8-16)15-17-9-4-5-10-18(17)21-11-6-12-22(25(31)32)27(21)23/h1-5,7-9,18-22,26H,6,10-15H2,(H,29,30)(H,31,32)/t18?,19?,20-,21+,22-/m1/s1. The number of fused-ring (bicyclic) bond motifs is 3. The third-order valence-corrected chi connectivity index (χ3v) is 6.99. The lowest BCUT2D eigenvalue weighted by molar-refractivity contribution is -0.156. The summed E-state index contributed by atoms with van der Waals surface area (Å²) in [7, 11) is 0. The highest BCUT2D eigenvalue weighted by molar-refractivity contribution is 5.89. The summed E-state index contributed by atoms with van der Waals surface area (Å²) in [5.41, 5.74) is 2.14. The lowest BCUT2D eigenvalue weighted by Crippen LogP contribution is -2.59. The van der Waals surface area contributed by atoms with E-state index in [4.69, 9.17) is 0 Å². The van der Waals surface area contributed by atoms with Gasteiger partial charge in [0.2, 0.25) is 5.91 Å². The van der Waals surface area contributed by atoms with Crippen LogP contribution < -0.4 is 5.32 Å². The maximum absolute atomic E-state index is 13.6. The van der Waals surface area contributed by atoms with Gasteiger partial charge in [-0.15, -0.1) is 0 Å². The quantitative estimate of drug-likeness (QED) is 0.604. The lowest BCUT2D eigenvalue weighted by atomic mass is 9.79. The Morgan fingerprint density at radius 1 is 1.16 bits per heavy atom. The second-order valence-electron chi connectivity index (χ2n) is 8.95. The van der Waals surface area contributed by atoms with Gasteiger partial charge in [-0.3, -0.25) is 14.9 Å². The second-order valence-corrected chi connectivity index (χ2v) is 8.95. The van der Waals surface area contributed by atoms with Gasteiger partial charge in [-0.1, -0.05) is 54.1 Å². The van der Waals surface area contributed by atoms with Crippen molar-refractivity contribution in [1.82, 2.24) is 10.2 Å². The topological polar surface area (TPSA) is 107 Å².